The van der Waals surface area contributed by atoms with Crippen LogP contribution in [0.15, 0.2) is 11.6 Å². The SMILES string of the molecule is Cc1nc2sc(CO)nn2c1CN1CC(CC(F)C(F)F)=CC1=O. The maximum Gasteiger partial charge on any atom is 0.269 e. The number of amides is 1. The molecule has 0 radical (unpaired) electrons. The molecule has 2 aromatic heterocycles. The number of fused-ring (bicyclic) bond motifs is 1. The van der Waals surface area contributed by atoms with E-state index in [1.165, 1.54) is 22.3 Å². The van der Waals surface area contributed by atoms with E-state index in [9.17, 15) is 18.0 Å². The van der Waals surface area contributed by atoms with Gasteiger partial charge < -0.3 is 10.0 Å². The standard InChI is InChI=1S/C14H15F3N4O2S/c1-7-10(21-14(18-7)24-11(6-22)19-21)5-20-4-8(3-12(20)23)2-9(15)13(16)17/h3,9,13,22H,2,4-6H2,1H3. The summed E-state index contributed by atoms with van der Waals surface area (Å²) in [6.45, 7) is 1.87. The first kappa shape index (κ1) is 16.9. The molecule has 0 aromatic carbocycles. The van der Waals surface area contributed by atoms with Gasteiger partial charge in [-0.05, 0) is 12.5 Å². The number of imidazole rings is 1. The van der Waals surface area contributed by atoms with Crippen molar-refractivity contribution in [2.24, 2.45) is 0 Å². The normalized spacial score (nSPS) is 16.5. The highest BCUT2D eigenvalue weighted by Gasteiger charge is 2.28. The molecule has 1 atom stereocenters. The van der Waals surface area contributed by atoms with Crippen LogP contribution in [0.25, 0.3) is 4.96 Å². The molecule has 0 fully saturated rings. The monoisotopic (exact) mass is 360 g/mol. The van der Waals surface area contributed by atoms with E-state index in [4.69, 9.17) is 5.11 Å². The lowest BCUT2D eigenvalue weighted by Gasteiger charge is -2.17. The molecule has 1 aliphatic heterocycles. The third kappa shape index (κ3) is 3.16. The van der Waals surface area contributed by atoms with Crippen LogP contribution in [0.5, 0.6) is 0 Å². The predicted molar refractivity (Wildman–Crippen MR) is 80.5 cm³/mol. The van der Waals surface area contributed by atoms with Gasteiger partial charge in [-0.1, -0.05) is 11.3 Å². The minimum atomic E-state index is -3.06. The Morgan fingerprint density at radius 3 is 2.83 bits per heavy atom. The zero-order valence-corrected chi connectivity index (χ0v) is 13.6. The fraction of sp³-hybridized carbons (Fsp3) is 0.500. The van der Waals surface area contributed by atoms with E-state index >= 15 is 0 Å². The van der Waals surface area contributed by atoms with E-state index in [2.05, 4.69) is 10.1 Å². The van der Waals surface area contributed by atoms with Gasteiger partial charge in [0.15, 0.2) is 6.17 Å². The summed E-state index contributed by atoms with van der Waals surface area (Å²) in [7, 11) is 0. The van der Waals surface area contributed by atoms with Gasteiger partial charge in [-0.3, -0.25) is 4.79 Å². The highest BCUT2D eigenvalue weighted by atomic mass is 32.1. The minimum absolute atomic E-state index is 0.107. The lowest BCUT2D eigenvalue weighted by atomic mass is 10.1. The first-order valence-electron chi connectivity index (χ1n) is 7.24. The second-order valence-corrected chi connectivity index (χ2v) is 6.58. The summed E-state index contributed by atoms with van der Waals surface area (Å²) in [5, 5.41) is 13.9. The average Bonchev–Trinajstić information content (AvgIpc) is 3.15. The van der Waals surface area contributed by atoms with Crippen LogP contribution in [0.4, 0.5) is 13.2 Å². The van der Waals surface area contributed by atoms with E-state index < -0.39 is 19.0 Å². The number of rotatable bonds is 6. The second-order valence-electron chi connectivity index (χ2n) is 5.54. The smallest absolute Gasteiger partial charge is 0.269 e. The maximum atomic E-state index is 13.2. The van der Waals surface area contributed by atoms with Crippen molar-refractivity contribution in [3.05, 3.63) is 28.0 Å². The van der Waals surface area contributed by atoms with Crippen LogP contribution in [0.2, 0.25) is 0 Å². The maximum absolute atomic E-state index is 13.2. The van der Waals surface area contributed by atoms with Crippen LogP contribution >= 0.6 is 11.3 Å². The number of nitrogens with zero attached hydrogens (tertiary/aromatic N) is 4. The molecule has 1 N–H and O–H groups in total. The number of hydrogen-bond donors (Lipinski definition) is 1. The molecule has 0 saturated heterocycles. The molecular formula is C14H15F3N4O2S. The molecule has 130 valence electrons. The summed E-state index contributed by atoms with van der Waals surface area (Å²) in [5.74, 6) is -0.349. The van der Waals surface area contributed by atoms with E-state index in [-0.39, 0.29) is 25.6 Å². The van der Waals surface area contributed by atoms with Gasteiger partial charge in [0, 0.05) is 19.0 Å². The molecule has 0 bridgehead atoms. The Bertz CT molecular complexity index is 801. The third-order valence-corrected chi connectivity index (χ3v) is 4.67. The molecule has 24 heavy (non-hydrogen) atoms. The molecule has 1 aliphatic rings. The molecule has 10 heteroatoms. The number of alkyl halides is 3. The van der Waals surface area contributed by atoms with Crippen LogP contribution in [0.1, 0.15) is 22.8 Å². The molecule has 6 nitrogen and oxygen atoms in total. The lowest BCUT2D eigenvalue weighted by molar-refractivity contribution is -0.125. The molecular weight excluding hydrogens is 345 g/mol. The first-order valence-corrected chi connectivity index (χ1v) is 8.06. The van der Waals surface area contributed by atoms with Gasteiger partial charge in [0.2, 0.25) is 10.9 Å². The van der Waals surface area contributed by atoms with Crippen molar-refractivity contribution >= 4 is 22.2 Å². The summed E-state index contributed by atoms with van der Waals surface area (Å²) in [4.78, 5) is 18.4. The first-order chi connectivity index (χ1) is 11.4. The van der Waals surface area contributed by atoms with Crippen molar-refractivity contribution in [1.82, 2.24) is 19.5 Å². The van der Waals surface area contributed by atoms with Crippen LogP contribution in [0, 0.1) is 6.92 Å². The van der Waals surface area contributed by atoms with Crippen molar-refractivity contribution in [2.75, 3.05) is 6.54 Å². The van der Waals surface area contributed by atoms with Crippen LogP contribution < -0.4 is 0 Å². The Labute approximate surface area is 139 Å². The topological polar surface area (TPSA) is 70.7 Å². The predicted octanol–water partition coefficient (Wildman–Crippen LogP) is 1.85. The molecule has 0 aliphatic carbocycles. The number of aliphatic hydroxyl groups is 1. The van der Waals surface area contributed by atoms with Crippen molar-refractivity contribution in [3.63, 3.8) is 0 Å². The average molecular weight is 360 g/mol. The number of hydrogen-bond acceptors (Lipinski definition) is 5. The Kier molecular flexibility index (Phi) is 4.59. The lowest BCUT2D eigenvalue weighted by Crippen LogP contribution is -2.27. The summed E-state index contributed by atoms with van der Waals surface area (Å²) in [5.41, 5.74) is 1.71. The number of carbonyl (C=O) groups excluding carboxylic acids is 1. The molecule has 3 heterocycles. The Morgan fingerprint density at radius 1 is 1.42 bits per heavy atom. The number of aliphatic hydroxyl groups excluding tert-OH is 1. The van der Waals surface area contributed by atoms with Crippen molar-refractivity contribution in [2.45, 2.75) is 39.1 Å². The zero-order chi connectivity index (χ0) is 17.4. The summed E-state index contributed by atoms with van der Waals surface area (Å²) >= 11 is 1.24. The highest BCUT2D eigenvalue weighted by Crippen LogP contribution is 2.24. The van der Waals surface area contributed by atoms with Gasteiger partial charge in [0.25, 0.3) is 6.43 Å². The number of carbonyl (C=O) groups is 1. The molecule has 2 aromatic rings. The van der Waals surface area contributed by atoms with E-state index in [0.717, 1.165) is 0 Å². The van der Waals surface area contributed by atoms with Crippen LogP contribution in [-0.2, 0) is 17.9 Å². The second kappa shape index (κ2) is 6.52. The molecule has 1 unspecified atom stereocenters. The van der Waals surface area contributed by atoms with Gasteiger partial charge >= 0.3 is 0 Å². The fourth-order valence-corrected chi connectivity index (χ4v) is 3.41. The molecule has 0 saturated carbocycles. The van der Waals surface area contributed by atoms with Crippen molar-refractivity contribution in [3.8, 4) is 0 Å². The van der Waals surface area contributed by atoms with Crippen molar-refractivity contribution < 1.29 is 23.1 Å². The van der Waals surface area contributed by atoms with Gasteiger partial charge in [0.1, 0.15) is 5.01 Å². The quantitative estimate of drug-likeness (QED) is 0.854. The Hall–Kier alpha value is -1.94. The van der Waals surface area contributed by atoms with Crippen LogP contribution in [0.3, 0.4) is 0 Å². The highest BCUT2D eigenvalue weighted by molar-refractivity contribution is 7.16. The van der Waals surface area contributed by atoms with E-state index in [1.807, 2.05) is 0 Å². The van der Waals surface area contributed by atoms with Gasteiger partial charge in [-0.15, -0.1) is 0 Å². The molecule has 3 rings (SSSR count). The largest absolute Gasteiger partial charge is 0.389 e. The molecule has 1 amide bonds. The minimum Gasteiger partial charge on any atom is -0.389 e. The fourth-order valence-electron chi connectivity index (χ4n) is 2.59. The van der Waals surface area contributed by atoms with E-state index in [1.54, 1.807) is 11.4 Å². The Morgan fingerprint density at radius 2 is 2.17 bits per heavy atom. The number of aryl methyl sites for hydroxylation is 1. The van der Waals surface area contributed by atoms with E-state index in [0.29, 0.717) is 26.9 Å². The number of halogens is 3. The Balaban J connectivity index is 1.74. The van der Waals surface area contributed by atoms with Gasteiger partial charge in [-0.2, -0.15) is 5.10 Å². The zero-order valence-electron chi connectivity index (χ0n) is 12.7. The number of aromatic nitrogens is 3. The van der Waals surface area contributed by atoms with Gasteiger partial charge in [-0.25, -0.2) is 22.7 Å². The van der Waals surface area contributed by atoms with Crippen molar-refractivity contribution in [1.29, 1.82) is 0 Å². The summed E-state index contributed by atoms with van der Waals surface area (Å²) in [6, 6.07) is 0. The third-order valence-electron chi connectivity index (χ3n) is 3.78. The van der Waals surface area contributed by atoms with Crippen LogP contribution in [-0.4, -0.2) is 49.7 Å². The van der Waals surface area contributed by atoms with Gasteiger partial charge in [0.05, 0.1) is 24.5 Å². The molecule has 0 spiro atoms. The summed E-state index contributed by atoms with van der Waals surface area (Å²) in [6.07, 6.45) is -4.56. The summed E-state index contributed by atoms with van der Waals surface area (Å²) < 4.78 is 39.3.